The first-order chi connectivity index (χ1) is 20.8. The Kier molecular flexibility index (Phi) is 6.14. The van der Waals surface area contributed by atoms with Gasteiger partial charge < -0.3 is 9.47 Å². The summed E-state index contributed by atoms with van der Waals surface area (Å²) in [6.07, 6.45) is -0.704. The average molecular weight is 574 g/mol. The van der Waals surface area contributed by atoms with Gasteiger partial charge in [-0.2, -0.15) is 0 Å². The number of non-ortho nitro benzene ring substituents is 2. The van der Waals surface area contributed by atoms with E-state index in [4.69, 9.17) is 9.47 Å². The van der Waals surface area contributed by atoms with Crippen LogP contribution < -0.4 is 9.47 Å². The first-order valence-corrected chi connectivity index (χ1v) is 13.6. The summed E-state index contributed by atoms with van der Waals surface area (Å²) in [5.74, 6) is 0.526. The average Bonchev–Trinajstić information content (AvgIpc) is 3.34. The molecular formula is C33H23N3O7. The fourth-order valence-electron chi connectivity index (χ4n) is 5.92. The minimum Gasteiger partial charge on any atom is -0.470 e. The van der Waals surface area contributed by atoms with Crippen molar-refractivity contribution >= 4 is 28.1 Å². The number of aryl methyl sites for hydroxylation is 1. The number of nitro benzene ring substituents is 2. The second kappa shape index (κ2) is 10.0. The Morgan fingerprint density at radius 2 is 1.44 bits per heavy atom. The highest BCUT2D eigenvalue weighted by atomic mass is 16.6. The number of ether oxygens (including phenoxy) is 2. The molecule has 0 bridgehead atoms. The second-order valence-corrected chi connectivity index (χ2v) is 10.6. The van der Waals surface area contributed by atoms with Crippen molar-refractivity contribution in [3.8, 4) is 11.5 Å². The van der Waals surface area contributed by atoms with Crippen LogP contribution in [0.3, 0.4) is 0 Å². The van der Waals surface area contributed by atoms with E-state index in [1.165, 1.54) is 24.3 Å². The van der Waals surface area contributed by atoms with Crippen LogP contribution in [0.1, 0.15) is 50.4 Å². The van der Waals surface area contributed by atoms with Gasteiger partial charge in [-0.15, -0.1) is 0 Å². The zero-order valence-electron chi connectivity index (χ0n) is 22.8. The lowest BCUT2D eigenvalue weighted by atomic mass is 9.89. The predicted molar refractivity (Wildman–Crippen MR) is 157 cm³/mol. The van der Waals surface area contributed by atoms with Crippen molar-refractivity contribution < 1.29 is 24.1 Å². The molecule has 2 aliphatic rings. The third-order valence-electron chi connectivity index (χ3n) is 7.98. The Hall–Kier alpha value is -5.61. The summed E-state index contributed by atoms with van der Waals surface area (Å²) < 4.78 is 12.5. The van der Waals surface area contributed by atoms with Gasteiger partial charge in [0.25, 0.3) is 11.4 Å². The Labute approximate surface area is 245 Å². The summed E-state index contributed by atoms with van der Waals surface area (Å²) in [4.78, 5) is 36.8. The number of nitro groups is 2. The van der Waals surface area contributed by atoms with Gasteiger partial charge in [0.1, 0.15) is 11.5 Å². The number of benzene rings is 5. The van der Waals surface area contributed by atoms with Crippen LogP contribution >= 0.6 is 0 Å². The molecule has 7 rings (SSSR count). The summed E-state index contributed by atoms with van der Waals surface area (Å²) in [7, 11) is 0. The van der Waals surface area contributed by atoms with Crippen molar-refractivity contribution in [3.63, 3.8) is 0 Å². The van der Waals surface area contributed by atoms with Crippen molar-refractivity contribution in [2.24, 2.45) is 0 Å². The van der Waals surface area contributed by atoms with Crippen LogP contribution in [-0.2, 0) is 6.54 Å². The van der Waals surface area contributed by atoms with Crippen LogP contribution in [0.2, 0.25) is 0 Å². The fraction of sp³-hybridized carbons (Fsp3) is 0.121. The van der Waals surface area contributed by atoms with Gasteiger partial charge in [0.15, 0.2) is 6.23 Å². The van der Waals surface area contributed by atoms with E-state index < -0.39 is 28.1 Å². The van der Waals surface area contributed by atoms with E-state index in [0.717, 1.165) is 22.3 Å². The number of nitrogens with zero attached hydrogens (tertiary/aromatic N) is 3. The number of hydrogen-bond acceptors (Lipinski definition) is 8. The molecule has 0 fully saturated rings. The van der Waals surface area contributed by atoms with Crippen molar-refractivity contribution in [2.45, 2.75) is 25.7 Å². The molecule has 0 spiro atoms. The third kappa shape index (κ3) is 4.45. The highest BCUT2D eigenvalue weighted by molar-refractivity contribution is 6.14. The lowest BCUT2D eigenvalue weighted by Crippen LogP contribution is -2.40. The highest BCUT2D eigenvalue weighted by Gasteiger charge is 2.41. The Balaban J connectivity index is 1.47. The van der Waals surface area contributed by atoms with Crippen molar-refractivity contribution in [1.82, 2.24) is 4.90 Å². The topological polar surface area (TPSA) is 125 Å². The predicted octanol–water partition coefficient (Wildman–Crippen LogP) is 7.18. The lowest BCUT2D eigenvalue weighted by Gasteiger charge is -2.44. The molecular weight excluding hydrogens is 550 g/mol. The maximum atomic E-state index is 12.7. The molecule has 0 N–H and O–H groups in total. The number of hydrogen-bond donors (Lipinski definition) is 0. The molecule has 10 nitrogen and oxygen atoms in total. The fourth-order valence-corrected chi connectivity index (χ4v) is 5.92. The van der Waals surface area contributed by atoms with Crippen molar-refractivity contribution in [3.05, 3.63) is 151 Å². The molecule has 10 heteroatoms. The molecule has 2 aliphatic heterocycles. The van der Waals surface area contributed by atoms with E-state index >= 15 is 0 Å². The third-order valence-corrected chi connectivity index (χ3v) is 7.98. The van der Waals surface area contributed by atoms with Gasteiger partial charge in [0.05, 0.1) is 21.5 Å². The standard InChI is InChI=1S/C33H23N3O7/c1-19-5-7-20(8-6-19)18-34-30(21-9-13-23(14-10-21)35(38)39)27-17-28-29-25(3-2-4-26(29)33(37)42-28)31(27)43-32(34)22-11-15-24(16-12-22)36(40)41/h2-17,30,32H,18H2,1H3/t30-,32+/m0/s1. The first kappa shape index (κ1) is 26.3. The van der Waals surface area contributed by atoms with Gasteiger partial charge in [0.2, 0.25) is 0 Å². The SMILES string of the molecule is Cc1ccc(CN2[C@@H](c3ccc([N+](=O)[O-])cc3)c3cc4c5c(cccc5c3O[C@@H]2c2ccc([N+](=O)[O-])cc2)C(=O)O4)cc1. The van der Waals surface area contributed by atoms with Gasteiger partial charge >= 0.3 is 5.97 Å². The zero-order chi connectivity index (χ0) is 29.8. The molecule has 0 saturated carbocycles. The molecule has 0 aromatic heterocycles. The van der Waals surface area contributed by atoms with E-state index in [1.807, 2.05) is 43.3 Å². The summed E-state index contributed by atoms with van der Waals surface area (Å²) in [6, 6.07) is 27.4. The molecule has 0 unspecified atom stereocenters. The Bertz CT molecular complexity index is 1940. The molecule has 0 saturated heterocycles. The van der Waals surface area contributed by atoms with E-state index in [1.54, 1.807) is 36.4 Å². The summed E-state index contributed by atoms with van der Waals surface area (Å²) in [5, 5.41) is 24.2. The van der Waals surface area contributed by atoms with Gasteiger partial charge in [-0.05, 0) is 42.3 Å². The number of rotatable bonds is 6. The minimum atomic E-state index is -0.704. The number of carbonyl (C=O) groups is 1. The van der Waals surface area contributed by atoms with Crippen LogP contribution in [0.25, 0.3) is 10.8 Å². The van der Waals surface area contributed by atoms with Crippen LogP contribution in [0, 0.1) is 27.2 Å². The number of carbonyl (C=O) groups excluding carboxylic acids is 1. The molecule has 0 amide bonds. The zero-order valence-corrected chi connectivity index (χ0v) is 22.8. The normalized spacial score (nSPS) is 17.3. The Morgan fingerprint density at radius 1 is 0.814 bits per heavy atom. The molecule has 2 heterocycles. The van der Waals surface area contributed by atoms with E-state index in [0.29, 0.717) is 39.9 Å². The van der Waals surface area contributed by atoms with Crippen LogP contribution in [-0.4, -0.2) is 20.7 Å². The summed E-state index contributed by atoms with van der Waals surface area (Å²) in [6.45, 7) is 2.42. The molecule has 43 heavy (non-hydrogen) atoms. The molecule has 0 aliphatic carbocycles. The maximum absolute atomic E-state index is 12.7. The Morgan fingerprint density at radius 3 is 2.07 bits per heavy atom. The monoisotopic (exact) mass is 573 g/mol. The van der Waals surface area contributed by atoms with Crippen LogP contribution in [0.5, 0.6) is 11.5 Å². The first-order valence-electron chi connectivity index (χ1n) is 13.6. The van der Waals surface area contributed by atoms with Gasteiger partial charge in [0, 0.05) is 52.7 Å². The number of esters is 1. The van der Waals surface area contributed by atoms with Crippen LogP contribution in [0.15, 0.2) is 97.1 Å². The molecule has 5 aromatic rings. The largest absolute Gasteiger partial charge is 0.470 e. The van der Waals surface area contributed by atoms with Gasteiger partial charge in [-0.1, -0.05) is 54.1 Å². The summed E-state index contributed by atoms with van der Waals surface area (Å²) >= 11 is 0. The highest BCUT2D eigenvalue weighted by Crippen LogP contribution is 2.53. The number of fused-ring (bicyclic) bond motifs is 2. The molecule has 0 radical (unpaired) electrons. The lowest BCUT2D eigenvalue weighted by molar-refractivity contribution is -0.385. The smallest absolute Gasteiger partial charge is 0.344 e. The quantitative estimate of drug-likeness (QED) is 0.0905. The maximum Gasteiger partial charge on any atom is 0.344 e. The van der Waals surface area contributed by atoms with Crippen LogP contribution in [0.4, 0.5) is 11.4 Å². The van der Waals surface area contributed by atoms with E-state index in [-0.39, 0.29) is 11.4 Å². The van der Waals surface area contributed by atoms with Gasteiger partial charge in [-0.3, -0.25) is 20.2 Å². The minimum absolute atomic E-state index is 0.0382. The molecule has 212 valence electrons. The second-order valence-electron chi connectivity index (χ2n) is 10.6. The van der Waals surface area contributed by atoms with Crippen molar-refractivity contribution in [1.29, 1.82) is 0 Å². The molecule has 2 atom stereocenters. The van der Waals surface area contributed by atoms with Crippen molar-refractivity contribution in [2.75, 3.05) is 0 Å². The summed E-state index contributed by atoms with van der Waals surface area (Å²) in [5.41, 5.74) is 4.65. The van der Waals surface area contributed by atoms with E-state index in [2.05, 4.69) is 4.90 Å². The van der Waals surface area contributed by atoms with E-state index in [9.17, 15) is 25.0 Å². The van der Waals surface area contributed by atoms with Gasteiger partial charge in [-0.25, -0.2) is 9.69 Å². The molecule has 5 aromatic carbocycles.